The number of fused-ring (bicyclic) bond motifs is 1. The normalized spacial score (nSPS) is 16.4. The number of nitrogens with zero attached hydrogens (tertiary/aromatic N) is 3. The van der Waals surface area contributed by atoms with Crippen LogP contribution in [0.5, 0.6) is 0 Å². The van der Waals surface area contributed by atoms with Crippen LogP contribution in [0.1, 0.15) is 34.6 Å². The minimum atomic E-state index is -0.753. The average molecular weight is 321 g/mol. The molecule has 3 rings (SSSR count). The minimum Gasteiger partial charge on any atom is -0.481 e. The number of carboxylic acids is 1. The standard InChI is InChI=1S/C15H19N3O3S/c1-9-11-8-12(22-15(11)17(2)16-9)14(21)18-5-3-10(4-6-18)7-13(19)20/h8,10H,3-7H2,1-2H3,(H,19,20). The molecule has 1 amide bonds. The third-order valence-corrected chi connectivity index (χ3v) is 5.46. The van der Waals surface area contributed by atoms with Crippen molar-refractivity contribution in [2.45, 2.75) is 26.2 Å². The maximum absolute atomic E-state index is 12.6. The van der Waals surface area contributed by atoms with Gasteiger partial charge in [0.05, 0.1) is 10.6 Å². The van der Waals surface area contributed by atoms with Crippen molar-refractivity contribution in [1.29, 1.82) is 0 Å². The Bertz CT molecular complexity index is 691. The van der Waals surface area contributed by atoms with E-state index >= 15 is 0 Å². The Balaban J connectivity index is 1.71. The number of rotatable bonds is 3. The highest BCUT2D eigenvalue weighted by Gasteiger charge is 2.26. The predicted molar refractivity (Wildman–Crippen MR) is 84.2 cm³/mol. The van der Waals surface area contributed by atoms with Gasteiger partial charge in [0.15, 0.2) is 0 Å². The summed E-state index contributed by atoms with van der Waals surface area (Å²) in [5.41, 5.74) is 0.938. The van der Waals surface area contributed by atoms with E-state index in [-0.39, 0.29) is 18.2 Å². The Morgan fingerprint density at radius 2 is 2.09 bits per heavy atom. The zero-order valence-corrected chi connectivity index (χ0v) is 13.5. The first-order chi connectivity index (χ1) is 10.5. The number of aliphatic carboxylic acids is 1. The Hall–Kier alpha value is -1.89. The number of piperidine rings is 1. The summed E-state index contributed by atoms with van der Waals surface area (Å²) in [4.78, 5) is 27.0. The van der Waals surface area contributed by atoms with Gasteiger partial charge in [0, 0.05) is 31.9 Å². The summed E-state index contributed by atoms with van der Waals surface area (Å²) in [6.07, 6.45) is 1.74. The summed E-state index contributed by atoms with van der Waals surface area (Å²) in [5, 5.41) is 14.2. The monoisotopic (exact) mass is 321 g/mol. The highest BCUT2D eigenvalue weighted by atomic mass is 32.1. The number of hydrogen-bond donors (Lipinski definition) is 1. The second kappa shape index (κ2) is 5.72. The zero-order chi connectivity index (χ0) is 15.9. The topological polar surface area (TPSA) is 75.4 Å². The van der Waals surface area contributed by atoms with Crippen LogP contribution in [0, 0.1) is 12.8 Å². The molecule has 22 heavy (non-hydrogen) atoms. The number of carbonyl (C=O) groups is 2. The Morgan fingerprint density at radius 3 is 2.68 bits per heavy atom. The van der Waals surface area contributed by atoms with Gasteiger partial charge < -0.3 is 10.0 Å². The van der Waals surface area contributed by atoms with E-state index < -0.39 is 5.97 Å². The lowest BCUT2D eigenvalue weighted by Gasteiger charge is -2.31. The third-order valence-electron chi connectivity index (χ3n) is 4.27. The van der Waals surface area contributed by atoms with Crippen LogP contribution in [0.2, 0.25) is 0 Å². The lowest BCUT2D eigenvalue weighted by molar-refractivity contribution is -0.138. The SMILES string of the molecule is Cc1nn(C)c2sc(C(=O)N3CCC(CC(=O)O)CC3)cc12. The van der Waals surface area contributed by atoms with Crippen molar-refractivity contribution in [3.8, 4) is 0 Å². The molecule has 0 aromatic carbocycles. The molecule has 0 spiro atoms. The van der Waals surface area contributed by atoms with E-state index in [1.807, 2.05) is 29.6 Å². The van der Waals surface area contributed by atoms with Crippen molar-refractivity contribution in [2.24, 2.45) is 13.0 Å². The average Bonchev–Trinajstić information content (AvgIpc) is 3.01. The molecule has 7 heteroatoms. The van der Waals surface area contributed by atoms with Gasteiger partial charge in [0.1, 0.15) is 4.83 Å². The van der Waals surface area contributed by atoms with E-state index in [1.165, 1.54) is 11.3 Å². The summed E-state index contributed by atoms with van der Waals surface area (Å²) in [7, 11) is 1.89. The molecule has 3 heterocycles. The summed E-state index contributed by atoms with van der Waals surface area (Å²) >= 11 is 1.47. The highest BCUT2D eigenvalue weighted by Crippen LogP contribution is 2.30. The molecule has 118 valence electrons. The molecule has 0 aliphatic carbocycles. The van der Waals surface area contributed by atoms with Gasteiger partial charge >= 0.3 is 5.97 Å². The molecule has 1 aliphatic heterocycles. The smallest absolute Gasteiger partial charge is 0.303 e. The molecule has 1 saturated heterocycles. The molecular weight excluding hydrogens is 302 g/mol. The molecule has 0 unspecified atom stereocenters. The number of likely N-dealkylation sites (tertiary alicyclic amines) is 1. The number of aryl methyl sites for hydroxylation is 2. The van der Waals surface area contributed by atoms with Crippen LogP contribution in [0.3, 0.4) is 0 Å². The Labute approximate surface area is 132 Å². The third kappa shape index (κ3) is 2.72. The van der Waals surface area contributed by atoms with E-state index in [0.717, 1.165) is 33.6 Å². The zero-order valence-electron chi connectivity index (χ0n) is 12.7. The molecule has 1 aliphatic rings. The first kappa shape index (κ1) is 15.0. The summed E-state index contributed by atoms with van der Waals surface area (Å²) in [6.45, 7) is 3.23. The summed E-state index contributed by atoms with van der Waals surface area (Å²) in [6, 6.07) is 1.92. The molecular formula is C15H19N3O3S. The Kier molecular flexibility index (Phi) is 3.90. The fourth-order valence-corrected chi connectivity index (χ4v) is 4.14. The van der Waals surface area contributed by atoms with Crippen LogP contribution in [0.15, 0.2) is 6.07 Å². The van der Waals surface area contributed by atoms with E-state index in [4.69, 9.17) is 5.11 Å². The minimum absolute atomic E-state index is 0.0503. The van der Waals surface area contributed by atoms with Crippen LogP contribution >= 0.6 is 11.3 Å². The van der Waals surface area contributed by atoms with Crippen molar-refractivity contribution in [3.63, 3.8) is 0 Å². The van der Waals surface area contributed by atoms with Gasteiger partial charge in [-0.3, -0.25) is 14.3 Å². The number of amides is 1. The second-order valence-corrected chi connectivity index (χ2v) is 6.90. The van der Waals surface area contributed by atoms with Crippen molar-refractivity contribution in [1.82, 2.24) is 14.7 Å². The van der Waals surface area contributed by atoms with Crippen molar-refractivity contribution >= 4 is 33.4 Å². The van der Waals surface area contributed by atoms with E-state index in [1.54, 1.807) is 0 Å². The fraction of sp³-hybridized carbons (Fsp3) is 0.533. The molecule has 2 aromatic heterocycles. The van der Waals surface area contributed by atoms with Gasteiger partial charge in [0.25, 0.3) is 5.91 Å². The number of carbonyl (C=O) groups excluding carboxylic acids is 1. The van der Waals surface area contributed by atoms with Crippen LogP contribution in [0.4, 0.5) is 0 Å². The molecule has 0 saturated carbocycles. The molecule has 1 fully saturated rings. The maximum Gasteiger partial charge on any atom is 0.303 e. The number of thiophene rings is 1. The highest BCUT2D eigenvalue weighted by molar-refractivity contribution is 7.20. The van der Waals surface area contributed by atoms with E-state index in [0.29, 0.717) is 13.1 Å². The van der Waals surface area contributed by atoms with Gasteiger partial charge in [-0.05, 0) is 31.7 Å². The predicted octanol–water partition coefficient (Wildman–Crippen LogP) is 2.27. The van der Waals surface area contributed by atoms with Crippen molar-refractivity contribution < 1.29 is 14.7 Å². The summed E-state index contributed by atoms with van der Waals surface area (Å²) < 4.78 is 1.81. The molecule has 0 radical (unpaired) electrons. The van der Waals surface area contributed by atoms with E-state index in [2.05, 4.69) is 5.10 Å². The molecule has 0 bridgehead atoms. The van der Waals surface area contributed by atoms with Crippen LogP contribution in [-0.2, 0) is 11.8 Å². The van der Waals surface area contributed by atoms with Gasteiger partial charge in [-0.1, -0.05) is 0 Å². The first-order valence-corrected chi connectivity index (χ1v) is 8.21. The molecule has 6 nitrogen and oxygen atoms in total. The lowest BCUT2D eigenvalue weighted by atomic mass is 9.93. The van der Waals surface area contributed by atoms with Gasteiger partial charge in [-0.15, -0.1) is 11.3 Å². The van der Waals surface area contributed by atoms with Gasteiger partial charge in [-0.2, -0.15) is 5.10 Å². The molecule has 2 aromatic rings. The van der Waals surface area contributed by atoms with E-state index in [9.17, 15) is 9.59 Å². The van der Waals surface area contributed by atoms with Gasteiger partial charge in [-0.25, -0.2) is 0 Å². The maximum atomic E-state index is 12.6. The van der Waals surface area contributed by atoms with Crippen molar-refractivity contribution in [2.75, 3.05) is 13.1 Å². The van der Waals surface area contributed by atoms with Crippen molar-refractivity contribution in [3.05, 3.63) is 16.6 Å². The second-order valence-electron chi connectivity index (χ2n) is 5.87. The number of hydrogen-bond acceptors (Lipinski definition) is 4. The fourth-order valence-electron chi connectivity index (χ4n) is 3.05. The summed E-state index contributed by atoms with van der Waals surface area (Å²) in [5.74, 6) is -0.512. The molecule has 1 N–H and O–H groups in total. The Morgan fingerprint density at radius 1 is 1.41 bits per heavy atom. The van der Waals surface area contributed by atoms with Gasteiger partial charge in [0.2, 0.25) is 0 Å². The quantitative estimate of drug-likeness (QED) is 0.941. The van der Waals surface area contributed by atoms with Crippen LogP contribution in [-0.4, -0.2) is 44.8 Å². The first-order valence-electron chi connectivity index (χ1n) is 7.40. The van der Waals surface area contributed by atoms with Crippen LogP contribution < -0.4 is 0 Å². The number of aromatic nitrogens is 2. The lowest BCUT2D eigenvalue weighted by Crippen LogP contribution is -2.38. The van der Waals surface area contributed by atoms with Crippen LogP contribution in [0.25, 0.3) is 10.2 Å². The molecule has 0 atom stereocenters. The largest absolute Gasteiger partial charge is 0.481 e. The number of carboxylic acid groups (broad SMARTS) is 1.